The van der Waals surface area contributed by atoms with Crippen LogP contribution in [-0.4, -0.2) is 20.7 Å². The number of halogens is 3. The normalized spacial score (nSPS) is 15.9. The summed E-state index contributed by atoms with van der Waals surface area (Å²) in [5.41, 5.74) is -4.93. The van der Waals surface area contributed by atoms with Gasteiger partial charge in [0.1, 0.15) is 17.0 Å². The van der Waals surface area contributed by atoms with Crippen molar-refractivity contribution < 1.29 is 42.2 Å². The summed E-state index contributed by atoms with van der Waals surface area (Å²) in [6, 6.07) is 11.4. The van der Waals surface area contributed by atoms with E-state index in [1.807, 2.05) is 0 Å². The summed E-state index contributed by atoms with van der Waals surface area (Å²) in [4.78, 5) is 43.1. The van der Waals surface area contributed by atoms with Gasteiger partial charge in [0.2, 0.25) is 5.75 Å². The van der Waals surface area contributed by atoms with Crippen molar-refractivity contribution in [3.05, 3.63) is 113 Å². The Kier molecular flexibility index (Phi) is 6.85. The van der Waals surface area contributed by atoms with Crippen LogP contribution in [0.15, 0.2) is 66.4 Å². The largest absolute Gasteiger partial charge is 0.449 e. The van der Waals surface area contributed by atoms with Gasteiger partial charge in [-0.15, -0.1) is 0 Å². The minimum atomic E-state index is -5.30. The van der Waals surface area contributed by atoms with E-state index in [0.29, 0.717) is 11.6 Å². The molecule has 1 unspecified atom stereocenters. The number of esters is 1. The van der Waals surface area contributed by atoms with Crippen molar-refractivity contribution in [2.45, 2.75) is 12.4 Å². The van der Waals surface area contributed by atoms with Crippen molar-refractivity contribution >= 4 is 29.1 Å². The summed E-state index contributed by atoms with van der Waals surface area (Å²) < 4.78 is 51.4. The highest BCUT2D eigenvalue weighted by atomic mass is 19.4. The molecule has 1 fully saturated rings. The first-order chi connectivity index (χ1) is 18.3. The minimum absolute atomic E-state index is 0.0682. The maximum Gasteiger partial charge on any atom is 0.420 e. The molecule has 3 aromatic carbocycles. The molecule has 4 rings (SSSR count). The molecular formula is C23H13F3N4O9. The van der Waals surface area contributed by atoms with E-state index in [1.54, 1.807) is 30.3 Å². The number of cyclic esters (lactones) is 1. The Labute approximate surface area is 214 Å². The Morgan fingerprint density at radius 1 is 0.897 bits per heavy atom. The average molecular weight is 546 g/mol. The zero-order valence-corrected chi connectivity index (χ0v) is 19.1. The lowest BCUT2D eigenvalue weighted by atomic mass is 10.1. The Morgan fingerprint density at radius 3 is 2.15 bits per heavy atom. The van der Waals surface area contributed by atoms with Crippen molar-refractivity contribution in [1.82, 2.24) is 5.32 Å². The number of nitrogens with zero attached hydrogens (tertiary/aromatic N) is 3. The third-order valence-electron chi connectivity index (χ3n) is 5.32. The van der Waals surface area contributed by atoms with Crippen molar-refractivity contribution in [1.29, 1.82) is 0 Å². The second kappa shape index (κ2) is 10.1. The first-order valence-electron chi connectivity index (χ1n) is 10.6. The van der Waals surface area contributed by atoms with E-state index in [9.17, 15) is 48.3 Å². The number of non-ortho nitro benzene ring substituents is 1. The SMILES string of the molecule is O=C1OC(c2ccccc2)NC1=Cc1cc(Oc2c([N+](=O)[O-])cc([N+](=O)[O-])cc2C(F)(F)F)ccc1[N+](=O)[O-]. The summed E-state index contributed by atoms with van der Waals surface area (Å²) in [5, 5.41) is 36.8. The van der Waals surface area contributed by atoms with Gasteiger partial charge < -0.3 is 14.8 Å². The number of ether oxygens (including phenoxy) is 2. The van der Waals surface area contributed by atoms with Crippen molar-refractivity contribution in [3.8, 4) is 11.5 Å². The van der Waals surface area contributed by atoms with E-state index in [0.717, 1.165) is 24.3 Å². The van der Waals surface area contributed by atoms with Crippen molar-refractivity contribution in [3.63, 3.8) is 0 Å². The molecule has 0 spiro atoms. The van der Waals surface area contributed by atoms with E-state index < -0.39 is 67.3 Å². The highest BCUT2D eigenvalue weighted by Gasteiger charge is 2.41. The van der Waals surface area contributed by atoms with Crippen LogP contribution in [0.3, 0.4) is 0 Å². The summed E-state index contributed by atoms with van der Waals surface area (Å²) in [7, 11) is 0. The van der Waals surface area contributed by atoms with Gasteiger partial charge in [0.05, 0.1) is 26.4 Å². The predicted octanol–water partition coefficient (Wildman–Crippen LogP) is 5.41. The molecule has 0 aromatic heterocycles. The fourth-order valence-corrected chi connectivity index (χ4v) is 3.59. The molecule has 200 valence electrons. The Hall–Kier alpha value is -5.54. The molecule has 1 saturated heterocycles. The first kappa shape index (κ1) is 26.5. The van der Waals surface area contributed by atoms with Gasteiger partial charge >= 0.3 is 17.8 Å². The molecule has 1 N–H and O–H groups in total. The predicted molar refractivity (Wildman–Crippen MR) is 124 cm³/mol. The fourth-order valence-electron chi connectivity index (χ4n) is 3.59. The van der Waals surface area contributed by atoms with Gasteiger partial charge in [0, 0.05) is 17.7 Å². The topological polar surface area (TPSA) is 177 Å². The van der Waals surface area contributed by atoms with Gasteiger partial charge in [-0.05, 0) is 18.2 Å². The van der Waals surface area contributed by atoms with Crippen molar-refractivity contribution in [2.24, 2.45) is 0 Å². The molecule has 1 aliphatic rings. The van der Waals surface area contributed by atoms with E-state index in [-0.39, 0.29) is 17.3 Å². The summed E-state index contributed by atoms with van der Waals surface area (Å²) in [6.45, 7) is 0. The standard InChI is InChI=1S/C23H13F3N4O9/c24-23(25,26)16-10-14(28(32)33)11-19(30(36)37)20(16)38-15-6-7-18(29(34)35)13(8-15)9-17-22(31)39-21(27-17)12-4-2-1-3-5-12/h1-11,21,27H. The Morgan fingerprint density at radius 2 is 1.56 bits per heavy atom. The molecule has 0 saturated carbocycles. The van der Waals surface area contributed by atoms with Crippen LogP contribution in [0.4, 0.5) is 30.2 Å². The van der Waals surface area contributed by atoms with Gasteiger partial charge in [0.25, 0.3) is 11.4 Å². The zero-order valence-electron chi connectivity index (χ0n) is 19.1. The third-order valence-corrected chi connectivity index (χ3v) is 5.32. The number of nitrogens with one attached hydrogen (secondary N) is 1. The van der Waals surface area contributed by atoms with Gasteiger partial charge in [-0.2, -0.15) is 13.2 Å². The van der Waals surface area contributed by atoms with Crippen LogP contribution < -0.4 is 10.1 Å². The van der Waals surface area contributed by atoms with E-state index >= 15 is 0 Å². The number of benzene rings is 3. The van der Waals surface area contributed by atoms with Gasteiger partial charge in [-0.1, -0.05) is 30.3 Å². The molecule has 1 atom stereocenters. The highest BCUT2D eigenvalue weighted by Crippen LogP contribution is 2.46. The quantitative estimate of drug-likeness (QED) is 0.174. The second-order valence-electron chi connectivity index (χ2n) is 7.83. The molecular weight excluding hydrogens is 533 g/mol. The molecule has 3 aromatic rings. The fraction of sp³-hybridized carbons (Fsp3) is 0.0870. The summed E-state index contributed by atoms with van der Waals surface area (Å²) >= 11 is 0. The molecule has 16 heteroatoms. The van der Waals surface area contributed by atoms with Crippen LogP contribution in [0.5, 0.6) is 11.5 Å². The smallest absolute Gasteiger partial charge is 0.420 e. The number of nitro groups is 3. The minimum Gasteiger partial charge on any atom is -0.449 e. The lowest BCUT2D eigenvalue weighted by Crippen LogP contribution is -2.12. The van der Waals surface area contributed by atoms with E-state index in [1.165, 1.54) is 0 Å². The lowest BCUT2D eigenvalue weighted by Gasteiger charge is -2.14. The molecule has 0 bridgehead atoms. The van der Waals surface area contributed by atoms with Gasteiger partial charge in [-0.3, -0.25) is 30.3 Å². The highest BCUT2D eigenvalue weighted by molar-refractivity contribution is 5.95. The number of carbonyl (C=O) groups is 1. The number of rotatable bonds is 7. The van der Waals surface area contributed by atoms with Gasteiger partial charge in [-0.25, -0.2) is 4.79 Å². The summed E-state index contributed by atoms with van der Waals surface area (Å²) in [6.07, 6.45) is -5.21. The molecule has 1 aliphatic heterocycles. The molecule has 39 heavy (non-hydrogen) atoms. The number of hydrogen-bond donors (Lipinski definition) is 1. The van der Waals surface area contributed by atoms with Crippen LogP contribution in [-0.2, 0) is 15.7 Å². The number of hydrogen-bond acceptors (Lipinski definition) is 10. The number of nitro benzene ring substituents is 3. The number of alkyl halides is 3. The van der Waals surface area contributed by atoms with Crippen molar-refractivity contribution in [2.75, 3.05) is 0 Å². The third kappa shape index (κ3) is 5.58. The average Bonchev–Trinajstić information content (AvgIpc) is 3.23. The zero-order chi connectivity index (χ0) is 28.5. The Balaban J connectivity index is 1.78. The number of carbonyl (C=O) groups excluding carboxylic acids is 1. The first-order valence-corrected chi connectivity index (χ1v) is 10.6. The summed E-state index contributed by atoms with van der Waals surface area (Å²) in [5.74, 6) is -2.77. The van der Waals surface area contributed by atoms with Gasteiger partial charge in [0.15, 0.2) is 6.23 Å². The molecule has 0 radical (unpaired) electrons. The second-order valence-corrected chi connectivity index (χ2v) is 7.83. The molecule has 13 nitrogen and oxygen atoms in total. The maximum absolute atomic E-state index is 13.7. The monoisotopic (exact) mass is 546 g/mol. The van der Waals surface area contributed by atoms with E-state index in [2.05, 4.69) is 5.32 Å². The van der Waals surface area contributed by atoms with Crippen LogP contribution in [0, 0.1) is 30.3 Å². The maximum atomic E-state index is 13.7. The molecule has 1 heterocycles. The van der Waals surface area contributed by atoms with Crippen LogP contribution >= 0.6 is 0 Å². The van der Waals surface area contributed by atoms with E-state index in [4.69, 9.17) is 9.47 Å². The molecule has 0 amide bonds. The van der Waals surface area contributed by atoms with Crippen LogP contribution in [0.2, 0.25) is 0 Å². The molecule has 0 aliphatic carbocycles. The lowest BCUT2D eigenvalue weighted by molar-refractivity contribution is -0.395. The van der Waals surface area contributed by atoms with Crippen LogP contribution in [0.25, 0.3) is 6.08 Å². The van der Waals surface area contributed by atoms with Crippen LogP contribution in [0.1, 0.15) is 22.9 Å². The Bertz CT molecular complexity index is 1540.